The normalized spacial score (nSPS) is 13.9. The lowest BCUT2D eigenvalue weighted by Gasteiger charge is -2.14. The summed E-state index contributed by atoms with van der Waals surface area (Å²) in [5.41, 5.74) is 2.43. The van der Waals surface area contributed by atoms with Gasteiger partial charge < -0.3 is 15.4 Å². The second-order valence-electron chi connectivity index (χ2n) is 5.69. The van der Waals surface area contributed by atoms with Crippen LogP contribution < -0.4 is 15.4 Å². The molecule has 0 heterocycles. The van der Waals surface area contributed by atoms with Crippen LogP contribution in [0.1, 0.15) is 37.7 Å². The van der Waals surface area contributed by atoms with E-state index in [0.29, 0.717) is 11.5 Å². The van der Waals surface area contributed by atoms with Gasteiger partial charge in [-0.3, -0.25) is 4.79 Å². The minimum atomic E-state index is -0.107. The number of benzene rings is 1. The molecule has 4 nitrogen and oxygen atoms in total. The van der Waals surface area contributed by atoms with Gasteiger partial charge in [-0.05, 0) is 62.0 Å². The first kappa shape index (κ1) is 17.5. The summed E-state index contributed by atoms with van der Waals surface area (Å²) in [7, 11) is 1.62. The molecule has 0 saturated carbocycles. The van der Waals surface area contributed by atoms with Gasteiger partial charge in [0.25, 0.3) is 0 Å². The number of hydrogen-bond donors (Lipinski definition) is 2. The fourth-order valence-electron chi connectivity index (χ4n) is 2.61. The topological polar surface area (TPSA) is 50.4 Å². The van der Waals surface area contributed by atoms with Crippen molar-refractivity contribution >= 4 is 23.2 Å². The third-order valence-corrected chi connectivity index (χ3v) is 4.14. The van der Waals surface area contributed by atoms with Crippen molar-refractivity contribution in [3.8, 4) is 5.75 Å². The Morgan fingerprint density at radius 2 is 2.04 bits per heavy atom. The van der Waals surface area contributed by atoms with Gasteiger partial charge in [0, 0.05) is 6.54 Å². The number of hydrogen-bond acceptors (Lipinski definition) is 3. The van der Waals surface area contributed by atoms with Gasteiger partial charge in [0.2, 0.25) is 5.91 Å². The van der Waals surface area contributed by atoms with Crippen LogP contribution >= 0.6 is 12.2 Å². The van der Waals surface area contributed by atoms with Crippen LogP contribution in [0.3, 0.4) is 0 Å². The number of ether oxygens (including phenoxy) is 1. The van der Waals surface area contributed by atoms with Crippen molar-refractivity contribution in [2.45, 2.75) is 38.5 Å². The van der Waals surface area contributed by atoms with Crippen molar-refractivity contribution in [1.29, 1.82) is 0 Å². The molecular formula is C18H24N2O2S. The van der Waals surface area contributed by atoms with Crippen molar-refractivity contribution in [3.63, 3.8) is 0 Å². The van der Waals surface area contributed by atoms with Gasteiger partial charge in [0.05, 0.1) is 13.5 Å². The van der Waals surface area contributed by atoms with Crippen LogP contribution in [0.2, 0.25) is 0 Å². The molecule has 0 aromatic heterocycles. The van der Waals surface area contributed by atoms with Crippen molar-refractivity contribution < 1.29 is 9.53 Å². The third-order valence-electron chi connectivity index (χ3n) is 3.89. The zero-order valence-electron chi connectivity index (χ0n) is 13.6. The van der Waals surface area contributed by atoms with E-state index in [1.807, 2.05) is 24.3 Å². The van der Waals surface area contributed by atoms with Gasteiger partial charge in [-0.1, -0.05) is 23.8 Å². The molecule has 0 unspecified atom stereocenters. The third kappa shape index (κ3) is 6.40. The molecule has 0 atom stereocenters. The molecule has 1 aliphatic rings. The summed E-state index contributed by atoms with van der Waals surface area (Å²) in [5.74, 6) is 0.674. The molecule has 1 aromatic rings. The van der Waals surface area contributed by atoms with Gasteiger partial charge in [-0.15, -0.1) is 0 Å². The molecule has 124 valence electrons. The highest BCUT2D eigenvalue weighted by Gasteiger charge is 2.07. The number of carbonyl (C=O) groups is 1. The summed E-state index contributed by atoms with van der Waals surface area (Å²) in [6.45, 7) is 0.771. The number of rotatable bonds is 6. The van der Waals surface area contributed by atoms with Crippen molar-refractivity contribution in [1.82, 2.24) is 10.6 Å². The lowest BCUT2D eigenvalue weighted by Crippen LogP contribution is -2.40. The predicted molar refractivity (Wildman–Crippen MR) is 96.6 cm³/mol. The number of nitrogens with one attached hydrogen (secondary N) is 2. The lowest BCUT2D eigenvalue weighted by molar-refractivity contribution is -0.119. The summed E-state index contributed by atoms with van der Waals surface area (Å²) in [4.78, 5) is 12.0. The summed E-state index contributed by atoms with van der Waals surface area (Å²) in [6, 6.07) is 7.45. The summed E-state index contributed by atoms with van der Waals surface area (Å²) in [5, 5.41) is 6.23. The number of methoxy groups -OCH3 is 1. The molecule has 0 fully saturated rings. The van der Waals surface area contributed by atoms with E-state index >= 15 is 0 Å². The van der Waals surface area contributed by atoms with E-state index in [9.17, 15) is 4.79 Å². The minimum absolute atomic E-state index is 0.107. The fraction of sp³-hybridized carbons (Fsp3) is 0.444. The molecule has 2 rings (SSSR count). The van der Waals surface area contributed by atoms with E-state index in [1.54, 1.807) is 7.11 Å². The molecular weight excluding hydrogens is 308 g/mol. The van der Waals surface area contributed by atoms with Crippen molar-refractivity contribution in [2.24, 2.45) is 0 Å². The average molecular weight is 332 g/mol. The number of carbonyl (C=O) groups excluding carboxylic acids is 1. The minimum Gasteiger partial charge on any atom is -0.497 e. The molecule has 5 heteroatoms. The summed E-state index contributed by atoms with van der Waals surface area (Å²) >= 11 is 5.17. The summed E-state index contributed by atoms with van der Waals surface area (Å²) < 4.78 is 5.10. The van der Waals surface area contributed by atoms with Gasteiger partial charge >= 0.3 is 0 Å². The van der Waals surface area contributed by atoms with Crippen LogP contribution in [-0.2, 0) is 11.2 Å². The summed E-state index contributed by atoms with van der Waals surface area (Å²) in [6.07, 6.45) is 8.60. The molecule has 0 spiro atoms. The number of allylic oxidation sites excluding steroid dienone is 1. The van der Waals surface area contributed by atoms with Gasteiger partial charge in [-0.2, -0.15) is 0 Å². The first-order valence-corrected chi connectivity index (χ1v) is 8.46. The highest BCUT2D eigenvalue weighted by atomic mass is 32.1. The lowest BCUT2D eigenvalue weighted by atomic mass is 9.97. The predicted octanol–water partition coefficient (Wildman–Crippen LogP) is 3.12. The standard InChI is InChI=1S/C18H24N2O2S/c1-22-16-9-7-15(8-10-16)13-17(21)20-18(23)19-12-11-14-5-3-2-4-6-14/h5,7-10H,2-4,6,11-13H2,1H3,(H2,19,20,21,23). The van der Waals surface area contributed by atoms with Crippen LogP contribution in [0, 0.1) is 0 Å². The largest absolute Gasteiger partial charge is 0.497 e. The van der Waals surface area contributed by atoms with E-state index in [-0.39, 0.29) is 5.91 Å². The molecule has 1 aliphatic carbocycles. The van der Waals surface area contributed by atoms with Gasteiger partial charge in [0.15, 0.2) is 5.11 Å². The van der Waals surface area contributed by atoms with Gasteiger partial charge in [-0.25, -0.2) is 0 Å². The Morgan fingerprint density at radius 1 is 1.26 bits per heavy atom. The quantitative estimate of drug-likeness (QED) is 0.621. The molecule has 1 amide bonds. The zero-order valence-corrected chi connectivity index (χ0v) is 14.4. The maximum absolute atomic E-state index is 12.0. The molecule has 23 heavy (non-hydrogen) atoms. The maximum Gasteiger partial charge on any atom is 0.230 e. The Bertz CT molecular complexity index is 567. The second kappa shape index (κ2) is 9.30. The Hall–Kier alpha value is -1.88. The molecule has 0 radical (unpaired) electrons. The molecule has 1 aromatic carbocycles. The van der Waals surface area contributed by atoms with Crippen molar-refractivity contribution in [2.75, 3.05) is 13.7 Å². The van der Waals surface area contributed by atoms with E-state index in [4.69, 9.17) is 17.0 Å². The Kier molecular flexibility index (Phi) is 7.07. The van der Waals surface area contributed by atoms with Crippen LogP contribution in [-0.4, -0.2) is 24.7 Å². The molecule has 0 aliphatic heterocycles. The molecule has 0 bridgehead atoms. The number of amides is 1. The maximum atomic E-state index is 12.0. The van der Waals surface area contributed by atoms with Crippen LogP contribution in [0.4, 0.5) is 0 Å². The first-order valence-electron chi connectivity index (χ1n) is 8.06. The smallest absolute Gasteiger partial charge is 0.230 e. The van der Waals surface area contributed by atoms with Crippen LogP contribution in [0.5, 0.6) is 5.75 Å². The number of thiocarbonyl (C=S) groups is 1. The van der Waals surface area contributed by atoms with Crippen LogP contribution in [0.25, 0.3) is 0 Å². The van der Waals surface area contributed by atoms with Crippen molar-refractivity contribution in [3.05, 3.63) is 41.5 Å². The fourth-order valence-corrected chi connectivity index (χ4v) is 2.83. The second-order valence-corrected chi connectivity index (χ2v) is 6.10. The highest BCUT2D eigenvalue weighted by Crippen LogP contribution is 2.19. The van der Waals surface area contributed by atoms with Gasteiger partial charge in [0.1, 0.15) is 5.75 Å². The van der Waals surface area contributed by atoms with Crippen LogP contribution in [0.15, 0.2) is 35.9 Å². The highest BCUT2D eigenvalue weighted by molar-refractivity contribution is 7.80. The SMILES string of the molecule is COc1ccc(CC(=O)NC(=S)NCCC2=CCCCC2)cc1. The Balaban J connectivity index is 1.67. The Morgan fingerprint density at radius 3 is 2.70 bits per heavy atom. The first-order chi connectivity index (χ1) is 11.2. The molecule has 2 N–H and O–H groups in total. The van der Waals surface area contributed by atoms with E-state index in [1.165, 1.54) is 31.3 Å². The Labute approximate surface area is 143 Å². The van der Waals surface area contributed by atoms with E-state index in [0.717, 1.165) is 24.3 Å². The zero-order chi connectivity index (χ0) is 16.5. The molecule has 0 saturated heterocycles. The monoisotopic (exact) mass is 332 g/mol. The van der Waals surface area contributed by atoms with E-state index in [2.05, 4.69) is 16.7 Å². The average Bonchev–Trinajstić information content (AvgIpc) is 2.56. The van der Waals surface area contributed by atoms with E-state index < -0.39 is 0 Å².